The Bertz CT molecular complexity index is 1480. The molecule has 3 aromatic carbocycles. The number of nitrogens with zero attached hydrogens (tertiary/aromatic N) is 3. The van der Waals surface area contributed by atoms with Gasteiger partial charge in [-0.1, -0.05) is 72.6 Å². The van der Waals surface area contributed by atoms with Gasteiger partial charge in [-0.15, -0.1) is 0 Å². The fraction of sp³-hybridized carbons (Fsp3) is 0.405. The van der Waals surface area contributed by atoms with Crippen LogP contribution in [-0.4, -0.2) is 35.0 Å². The van der Waals surface area contributed by atoms with Crippen LogP contribution in [0.1, 0.15) is 65.3 Å². The molecule has 0 radical (unpaired) electrons. The van der Waals surface area contributed by atoms with Gasteiger partial charge in [0.25, 0.3) is 0 Å². The number of rotatable bonds is 11. The third kappa shape index (κ3) is 7.61. The third-order valence-electron chi connectivity index (χ3n) is 9.04. The minimum Gasteiger partial charge on any atom is -0.306 e. The predicted octanol–water partition coefficient (Wildman–Crippen LogP) is 9.17. The molecule has 1 fully saturated rings. The topological polar surface area (TPSA) is 29.0 Å². The van der Waals surface area contributed by atoms with E-state index < -0.39 is 0 Å². The number of piperidine rings is 1. The van der Waals surface area contributed by atoms with Crippen LogP contribution < -0.4 is 0 Å². The highest BCUT2D eigenvalue weighted by Gasteiger charge is 2.19. The summed E-state index contributed by atoms with van der Waals surface area (Å²) in [6, 6.07) is 17.7. The van der Waals surface area contributed by atoms with Gasteiger partial charge in [-0.3, -0.25) is 9.97 Å². The molecule has 0 amide bonds. The van der Waals surface area contributed by atoms with Gasteiger partial charge in [0.05, 0.1) is 10.7 Å². The van der Waals surface area contributed by atoms with E-state index >= 15 is 0 Å². The lowest BCUT2D eigenvalue weighted by Crippen LogP contribution is -2.32. The molecular weight excluding hydrogens is 557 g/mol. The first kappa shape index (κ1) is 30.7. The Morgan fingerprint density at radius 2 is 1.60 bits per heavy atom. The molecule has 1 aliphatic rings. The van der Waals surface area contributed by atoms with Crippen molar-refractivity contribution in [1.29, 1.82) is 0 Å². The zero-order valence-electron chi connectivity index (χ0n) is 25.3. The number of hydrogen-bond acceptors (Lipinski definition) is 3. The van der Waals surface area contributed by atoms with Crippen molar-refractivity contribution in [3.63, 3.8) is 0 Å². The molecule has 5 rings (SSSR count). The molecule has 3 nitrogen and oxygen atoms in total. The summed E-state index contributed by atoms with van der Waals surface area (Å²) in [5, 5.41) is 1.77. The molecule has 5 heteroatoms. The Labute approximate surface area is 262 Å². The number of hydrogen-bond donors (Lipinski definition) is 0. The summed E-state index contributed by atoms with van der Waals surface area (Å²) >= 11 is 13.9. The monoisotopic (exact) mass is 599 g/mol. The Hall–Kier alpha value is -2.72. The van der Waals surface area contributed by atoms with Gasteiger partial charge in [0, 0.05) is 35.7 Å². The molecule has 0 N–H and O–H groups in total. The second-order valence-corrected chi connectivity index (χ2v) is 12.7. The van der Waals surface area contributed by atoms with Crippen LogP contribution in [0.5, 0.6) is 0 Å². The standard InChI is InChI=1S/C37H43Cl2N3/c1-4-28-23-36(38)32(22-31(28)17-18-33-24-40-19-20-41-33)16-15-29-9-5-11-34(26(29)2)35-12-6-10-30(37(35)39)14-13-27-8-7-21-42(3)25-27/h5-6,9-12,19-20,22-24,27H,4,7-8,13-18,21,25H2,1-3H3. The minimum absolute atomic E-state index is 0.763. The lowest BCUT2D eigenvalue weighted by Gasteiger charge is -2.29. The van der Waals surface area contributed by atoms with E-state index in [0.29, 0.717) is 0 Å². The van der Waals surface area contributed by atoms with Crippen molar-refractivity contribution in [2.75, 3.05) is 20.1 Å². The lowest BCUT2D eigenvalue weighted by molar-refractivity contribution is 0.202. The number of aromatic nitrogens is 2. The van der Waals surface area contributed by atoms with Gasteiger partial charge >= 0.3 is 0 Å². The molecule has 42 heavy (non-hydrogen) atoms. The average Bonchev–Trinajstić information content (AvgIpc) is 3.00. The van der Waals surface area contributed by atoms with E-state index in [2.05, 4.69) is 84.3 Å². The van der Waals surface area contributed by atoms with Crippen molar-refractivity contribution in [3.8, 4) is 11.1 Å². The summed E-state index contributed by atoms with van der Waals surface area (Å²) in [5.41, 5.74) is 11.2. The van der Waals surface area contributed by atoms with Crippen molar-refractivity contribution >= 4 is 23.2 Å². The Kier molecular flexibility index (Phi) is 10.7. The first-order valence-electron chi connectivity index (χ1n) is 15.5. The molecule has 0 saturated carbocycles. The number of benzene rings is 3. The van der Waals surface area contributed by atoms with Crippen molar-refractivity contribution in [2.45, 2.75) is 71.6 Å². The second kappa shape index (κ2) is 14.6. The molecule has 0 aliphatic carbocycles. The molecule has 1 unspecified atom stereocenters. The van der Waals surface area contributed by atoms with E-state index in [0.717, 1.165) is 65.7 Å². The maximum Gasteiger partial charge on any atom is 0.0589 e. The van der Waals surface area contributed by atoms with Gasteiger partial charge in [-0.05, 0) is 129 Å². The smallest absolute Gasteiger partial charge is 0.0589 e. The fourth-order valence-corrected chi connectivity index (χ4v) is 7.15. The largest absolute Gasteiger partial charge is 0.306 e. The van der Waals surface area contributed by atoms with Crippen molar-refractivity contribution < 1.29 is 0 Å². The van der Waals surface area contributed by atoms with Crippen LogP contribution >= 0.6 is 23.2 Å². The molecule has 1 aliphatic heterocycles. The second-order valence-electron chi connectivity index (χ2n) is 11.9. The first-order chi connectivity index (χ1) is 20.4. The Morgan fingerprint density at radius 3 is 2.36 bits per heavy atom. The number of likely N-dealkylation sites (tertiary alicyclic amines) is 1. The van der Waals surface area contributed by atoms with Crippen LogP contribution in [0.25, 0.3) is 11.1 Å². The van der Waals surface area contributed by atoms with Crippen LogP contribution in [0.4, 0.5) is 0 Å². The van der Waals surface area contributed by atoms with Gasteiger partial charge < -0.3 is 4.90 Å². The number of halogens is 2. The highest BCUT2D eigenvalue weighted by atomic mass is 35.5. The zero-order valence-corrected chi connectivity index (χ0v) is 26.8. The fourth-order valence-electron chi connectivity index (χ4n) is 6.55. The summed E-state index contributed by atoms with van der Waals surface area (Å²) in [4.78, 5) is 11.1. The van der Waals surface area contributed by atoms with Crippen molar-refractivity contribution in [2.24, 2.45) is 5.92 Å². The van der Waals surface area contributed by atoms with Crippen LogP contribution in [0, 0.1) is 12.8 Å². The zero-order chi connectivity index (χ0) is 29.5. The van der Waals surface area contributed by atoms with E-state index in [1.807, 2.05) is 6.20 Å². The molecule has 1 atom stereocenters. The average molecular weight is 601 g/mol. The van der Waals surface area contributed by atoms with Crippen molar-refractivity contribution in [3.05, 3.63) is 116 Å². The van der Waals surface area contributed by atoms with Gasteiger partial charge in [0.15, 0.2) is 0 Å². The van der Waals surface area contributed by atoms with Gasteiger partial charge in [0.2, 0.25) is 0 Å². The SMILES string of the molecule is CCc1cc(Cl)c(CCc2cccc(-c3cccc(CCC4CCCN(C)C4)c3Cl)c2C)cc1CCc1cnccn1. The van der Waals surface area contributed by atoms with E-state index in [9.17, 15) is 0 Å². The summed E-state index contributed by atoms with van der Waals surface area (Å²) in [5.74, 6) is 0.763. The lowest BCUT2D eigenvalue weighted by atomic mass is 9.89. The molecule has 1 aromatic heterocycles. The predicted molar refractivity (Wildman–Crippen MR) is 178 cm³/mol. The molecule has 2 heterocycles. The minimum atomic E-state index is 0.763. The Morgan fingerprint density at radius 1 is 0.833 bits per heavy atom. The molecule has 0 bridgehead atoms. The van der Waals surface area contributed by atoms with Gasteiger partial charge in [0.1, 0.15) is 0 Å². The quantitative estimate of drug-likeness (QED) is 0.172. The molecular formula is C37H43Cl2N3. The van der Waals surface area contributed by atoms with E-state index in [-0.39, 0.29) is 0 Å². The molecule has 4 aromatic rings. The van der Waals surface area contributed by atoms with Crippen molar-refractivity contribution in [1.82, 2.24) is 14.9 Å². The maximum absolute atomic E-state index is 7.09. The third-order valence-corrected chi connectivity index (χ3v) is 9.84. The van der Waals surface area contributed by atoms with Gasteiger partial charge in [-0.2, -0.15) is 0 Å². The first-order valence-corrected chi connectivity index (χ1v) is 16.3. The van der Waals surface area contributed by atoms with Crippen LogP contribution in [0.3, 0.4) is 0 Å². The highest BCUT2D eigenvalue weighted by molar-refractivity contribution is 6.34. The molecule has 0 spiro atoms. The van der Waals surface area contributed by atoms with Gasteiger partial charge in [-0.25, -0.2) is 0 Å². The summed E-state index contributed by atoms with van der Waals surface area (Å²) < 4.78 is 0. The molecule has 1 saturated heterocycles. The summed E-state index contributed by atoms with van der Waals surface area (Å²) in [6.07, 6.45) is 14.8. The summed E-state index contributed by atoms with van der Waals surface area (Å²) in [7, 11) is 2.24. The van der Waals surface area contributed by atoms with Crippen LogP contribution in [0.15, 0.2) is 67.1 Å². The highest BCUT2D eigenvalue weighted by Crippen LogP contribution is 2.36. The van der Waals surface area contributed by atoms with Crippen LogP contribution in [-0.2, 0) is 38.5 Å². The van der Waals surface area contributed by atoms with Crippen LogP contribution in [0.2, 0.25) is 10.0 Å². The maximum atomic E-state index is 7.09. The molecule has 220 valence electrons. The van der Waals surface area contributed by atoms with E-state index in [4.69, 9.17) is 23.2 Å². The van der Waals surface area contributed by atoms with E-state index in [1.165, 1.54) is 71.3 Å². The Balaban J connectivity index is 1.30. The normalized spacial score (nSPS) is 15.7. The summed E-state index contributed by atoms with van der Waals surface area (Å²) in [6.45, 7) is 6.86. The van der Waals surface area contributed by atoms with E-state index in [1.54, 1.807) is 12.4 Å². The number of aryl methyl sites for hydroxylation is 6.